The number of carboxylic acids is 1. The lowest BCUT2D eigenvalue weighted by molar-refractivity contribution is 0.0652. The van der Waals surface area contributed by atoms with Gasteiger partial charge in [0.05, 0.1) is 5.56 Å². The topological polar surface area (TPSA) is 46.5 Å². The Morgan fingerprint density at radius 1 is 1.04 bits per heavy atom. The first kappa shape index (κ1) is 18.3. The predicted molar refractivity (Wildman–Crippen MR) is 111 cm³/mol. The summed E-state index contributed by atoms with van der Waals surface area (Å²) in [5.41, 5.74) is 5.83. The average Bonchev–Trinajstić information content (AvgIpc) is 2.69. The number of fused-ring (bicyclic) bond motifs is 1. The van der Waals surface area contributed by atoms with Crippen LogP contribution in [0.2, 0.25) is 0 Å². The lowest BCUT2D eigenvalue weighted by Crippen LogP contribution is -2.38. The van der Waals surface area contributed by atoms with Crippen LogP contribution in [0.25, 0.3) is 11.1 Å². The van der Waals surface area contributed by atoms with Gasteiger partial charge in [0, 0.05) is 6.42 Å². The molecule has 3 aromatic rings. The summed E-state index contributed by atoms with van der Waals surface area (Å²) in [6.45, 7) is 4.33. The zero-order valence-corrected chi connectivity index (χ0v) is 16.2. The molecule has 1 heterocycles. The number of carbonyl (C=O) groups is 1. The maximum Gasteiger partial charge on any atom is 0.335 e. The Kier molecular flexibility index (Phi) is 4.68. The van der Waals surface area contributed by atoms with Crippen LogP contribution in [0.15, 0.2) is 66.7 Å². The molecule has 0 amide bonds. The summed E-state index contributed by atoms with van der Waals surface area (Å²) < 4.78 is 6.44. The van der Waals surface area contributed by atoms with E-state index in [1.54, 1.807) is 18.2 Å². The van der Waals surface area contributed by atoms with Crippen LogP contribution in [0.3, 0.4) is 0 Å². The van der Waals surface area contributed by atoms with Crippen molar-refractivity contribution in [3.63, 3.8) is 0 Å². The second-order valence-electron chi connectivity index (χ2n) is 7.86. The zero-order valence-electron chi connectivity index (χ0n) is 16.2. The molecule has 0 unspecified atom stereocenters. The zero-order chi connectivity index (χ0) is 19.7. The number of ether oxygens (including phenoxy) is 1. The Labute approximate surface area is 165 Å². The largest absolute Gasteiger partial charge is 0.487 e. The second kappa shape index (κ2) is 7.16. The maximum absolute atomic E-state index is 11.2. The van der Waals surface area contributed by atoms with Crippen molar-refractivity contribution in [1.82, 2.24) is 0 Å². The Bertz CT molecular complexity index is 1040. The summed E-state index contributed by atoms with van der Waals surface area (Å²) in [5, 5.41) is 9.23. The van der Waals surface area contributed by atoms with Gasteiger partial charge in [-0.15, -0.1) is 0 Å². The minimum absolute atomic E-state index is 0.218. The molecule has 0 fully saturated rings. The molecule has 0 bridgehead atoms. The van der Waals surface area contributed by atoms with Crippen molar-refractivity contribution in [3.8, 4) is 16.9 Å². The van der Waals surface area contributed by atoms with E-state index in [-0.39, 0.29) is 5.60 Å². The van der Waals surface area contributed by atoms with Crippen molar-refractivity contribution < 1.29 is 14.6 Å². The smallest absolute Gasteiger partial charge is 0.335 e. The fourth-order valence-corrected chi connectivity index (χ4v) is 3.94. The van der Waals surface area contributed by atoms with Gasteiger partial charge in [0.25, 0.3) is 0 Å². The molecule has 0 aliphatic carbocycles. The van der Waals surface area contributed by atoms with Crippen LogP contribution >= 0.6 is 0 Å². The quantitative estimate of drug-likeness (QED) is 0.640. The van der Waals surface area contributed by atoms with Crippen molar-refractivity contribution in [2.24, 2.45) is 0 Å². The summed E-state index contributed by atoms with van der Waals surface area (Å²) in [6.07, 6.45) is 2.79. The number of benzene rings is 3. The van der Waals surface area contributed by atoms with Gasteiger partial charge in [-0.1, -0.05) is 42.5 Å². The molecule has 4 rings (SSSR count). The number of hydrogen-bond donors (Lipinski definition) is 1. The molecule has 1 N–H and O–H groups in total. The third-order valence-corrected chi connectivity index (χ3v) is 5.61. The Morgan fingerprint density at radius 3 is 2.61 bits per heavy atom. The van der Waals surface area contributed by atoms with Crippen molar-refractivity contribution in [1.29, 1.82) is 0 Å². The van der Waals surface area contributed by atoms with Gasteiger partial charge in [-0.25, -0.2) is 4.79 Å². The Balaban J connectivity index is 1.59. The SMILES string of the molecule is Cc1ccccc1C[C@@]1(C)CCc2cc(-c3cccc(C(=O)O)c3)ccc2O1. The minimum atomic E-state index is -0.907. The molecule has 1 aliphatic heterocycles. The van der Waals surface area contributed by atoms with Crippen LogP contribution in [-0.2, 0) is 12.8 Å². The van der Waals surface area contributed by atoms with E-state index in [2.05, 4.69) is 44.2 Å². The number of hydrogen-bond acceptors (Lipinski definition) is 2. The summed E-state index contributed by atoms with van der Waals surface area (Å²) >= 11 is 0. The van der Waals surface area contributed by atoms with Gasteiger partial charge < -0.3 is 9.84 Å². The van der Waals surface area contributed by atoms with E-state index >= 15 is 0 Å². The summed E-state index contributed by atoms with van der Waals surface area (Å²) in [4.78, 5) is 11.2. The molecule has 28 heavy (non-hydrogen) atoms. The van der Waals surface area contributed by atoms with E-state index in [9.17, 15) is 9.90 Å². The van der Waals surface area contributed by atoms with E-state index < -0.39 is 5.97 Å². The summed E-state index contributed by atoms with van der Waals surface area (Å²) in [7, 11) is 0. The van der Waals surface area contributed by atoms with E-state index in [0.29, 0.717) is 5.56 Å². The summed E-state index contributed by atoms with van der Waals surface area (Å²) in [5.74, 6) is 0.0237. The van der Waals surface area contributed by atoms with Crippen LogP contribution in [0.1, 0.15) is 40.4 Å². The summed E-state index contributed by atoms with van der Waals surface area (Å²) in [6, 6.07) is 21.7. The highest BCUT2D eigenvalue weighted by Crippen LogP contribution is 2.37. The molecule has 3 nitrogen and oxygen atoms in total. The first-order valence-electron chi connectivity index (χ1n) is 9.64. The Morgan fingerprint density at radius 2 is 1.82 bits per heavy atom. The standard InChI is InChI=1S/C25H24O3/c1-17-6-3-4-7-22(17)16-25(2)13-12-20-14-19(10-11-23(20)28-25)18-8-5-9-21(15-18)24(26)27/h3-11,14-15H,12-13,16H2,1-2H3,(H,26,27)/t25-/m1/s1. The molecule has 142 valence electrons. The lowest BCUT2D eigenvalue weighted by atomic mass is 9.85. The molecule has 1 aliphatic rings. The monoisotopic (exact) mass is 372 g/mol. The van der Waals surface area contributed by atoms with Gasteiger partial charge in [-0.3, -0.25) is 0 Å². The van der Waals surface area contributed by atoms with Gasteiger partial charge in [-0.05, 0) is 78.8 Å². The highest BCUT2D eigenvalue weighted by molar-refractivity contribution is 5.89. The normalized spacial score (nSPS) is 18.2. The van der Waals surface area contributed by atoms with Crippen molar-refractivity contribution >= 4 is 5.97 Å². The van der Waals surface area contributed by atoms with Gasteiger partial charge in [0.1, 0.15) is 11.4 Å². The van der Waals surface area contributed by atoms with E-state index in [0.717, 1.165) is 36.1 Å². The van der Waals surface area contributed by atoms with Gasteiger partial charge in [0.2, 0.25) is 0 Å². The highest BCUT2D eigenvalue weighted by Gasteiger charge is 2.32. The molecular formula is C25H24O3. The molecule has 3 heteroatoms. The van der Waals surface area contributed by atoms with Gasteiger partial charge in [0.15, 0.2) is 0 Å². The minimum Gasteiger partial charge on any atom is -0.487 e. The van der Waals surface area contributed by atoms with Gasteiger partial charge in [-0.2, -0.15) is 0 Å². The average molecular weight is 372 g/mol. The first-order chi connectivity index (χ1) is 13.4. The number of rotatable bonds is 4. The maximum atomic E-state index is 11.2. The third-order valence-electron chi connectivity index (χ3n) is 5.61. The first-order valence-corrected chi connectivity index (χ1v) is 9.64. The number of carboxylic acid groups (broad SMARTS) is 1. The molecule has 0 saturated carbocycles. The molecule has 3 aromatic carbocycles. The molecule has 0 spiro atoms. The van der Waals surface area contributed by atoms with Crippen molar-refractivity contribution in [3.05, 3.63) is 89.0 Å². The van der Waals surface area contributed by atoms with Crippen LogP contribution in [0, 0.1) is 6.92 Å². The van der Waals surface area contributed by atoms with E-state index in [4.69, 9.17) is 4.74 Å². The molecule has 0 saturated heterocycles. The van der Waals surface area contributed by atoms with E-state index in [1.165, 1.54) is 16.7 Å². The molecule has 0 aromatic heterocycles. The van der Waals surface area contributed by atoms with Crippen molar-refractivity contribution in [2.75, 3.05) is 0 Å². The van der Waals surface area contributed by atoms with Crippen LogP contribution < -0.4 is 4.74 Å². The number of aromatic carboxylic acids is 1. The molecular weight excluding hydrogens is 348 g/mol. The lowest BCUT2D eigenvalue weighted by Gasteiger charge is -2.36. The van der Waals surface area contributed by atoms with E-state index in [1.807, 2.05) is 18.2 Å². The number of aryl methyl sites for hydroxylation is 2. The molecule has 1 atom stereocenters. The van der Waals surface area contributed by atoms with Crippen molar-refractivity contribution in [2.45, 2.75) is 38.7 Å². The van der Waals surface area contributed by atoms with Crippen LogP contribution in [0.4, 0.5) is 0 Å². The third kappa shape index (κ3) is 3.65. The van der Waals surface area contributed by atoms with Crippen LogP contribution in [0.5, 0.6) is 5.75 Å². The van der Waals surface area contributed by atoms with Crippen LogP contribution in [-0.4, -0.2) is 16.7 Å². The Hall–Kier alpha value is -3.07. The second-order valence-corrected chi connectivity index (χ2v) is 7.86. The fourth-order valence-electron chi connectivity index (χ4n) is 3.94. The fraction of sp³-hybridized carbons (Fsp3) is 0.240. The highest BCUT2D eigenvalue weighted by atomic mass is 16.5. The molecule has 0 radical (unpaired) electrons. The predicted octanol–water partition coefficient (Wildman–Crippen LogP) is 5.69. The van der Waals surface area contributed by atoms with Gasteiger partial charge >= 0.3 is 5.97 Å².